The second kappa shape index (κ2) is 7.15. The molecular formula is C16H23NO5. The second-order valence-electron chi connectivity index (χ2n) is 5.85. The summed E-state index contributed by atoms with van der Waals surface area (Å²) in [5.41, 5.74) is 0.170. The highest BCUT2D eigenvalue weighted by molar-refractivity contribution is 5.92. The molecule has 6 nitrogen and oxygen atoms in total. The van der Waals surface area contributed by atoms with Gasteiger partial charge in [0.2, 0.25) is 5.91 Å². The highest BCUT2D eigenvalue weighted by atomic mass is 16.5. The molecule has 0 atom stereocenters. The third-order valence-electron chi connectivity index (χ3n) is 3.60. The van der Waals surface area contributed by atoms with Crippen molar-refractivity contribution in [3.63, 3.8) is 0 Å². The lowest BCUT2D eigenvalue weighted by atomic mass is 9.79. The van der Waals surface area contributed by atoms with Crippen LogP contribution in [-0.2, 0) is 19.7 Å². The Bertz CT molecular complexity index is 566. The van der Waals surface area contributed by atoms with Gasteiger partial charge in [0, 0.05) is 18.9 Å². The molecule has 1 aromatic carbocycles. The summed E-state index contributed by atoms with van der Waals surface area (Å²) in [6.07, 6.45) is 1.55. The summed E-state index contributed by atoms with van der Waals surface area (Å²) in [5, 5.41) is 22.5. The summed E-state index contributed by atoms with van der Waals surface area (Å²) < 4.78 is 4.60. The van der Waals surface area contributed by atoms with Crippen LogP contribution in [0.25, 0.3) is 0 Å². The van der Waals surface area contributed by atoms with Crippen molar-refractivity contribution in [2.75, 3.05) is 12.4 Å². The van der Waals surface area contributed by atoms with Crippen LogP contribution in [0, 0.1) is 0 Å². The van der Waals surface area contributed by atoms with Gasteiger partial charge in [0.25, 0.3) is 0 Å². The number of carbonyl (C=O) groups excluding carboxylic acids is 2. The topological polar surface area (TPSA) is 95.9 Å². The number of hydrogen-bond donors (Lipinski definition) is 3. The smallest absolute Gasteiger partial charge is 0.305 e. The minimum absolute atomic E-state index is 0.00560. The zero-order chi connectivity index (χ0) is 16.9. The van der Waals surface area contributed by atoms with Gasteiger partial charge in [0.1, 0.15) is 17.2 Å². The molecule has 0 spiro atoms. The monoisotopic (exact) mass is 309 g/mol. The minimum atomic E-state index is -0.432. The van der Waals surface area contributed by atoms with Crippen molar-refractivity contribution in [2.45, 2.75) is 45.4 Å². The number of methoxy groups -OCH3 is 1. The number of rotatable bonds is 6. The number of esters is 1. The molecule has 0 heterocycles. The first-order valence-electron chi connectivity index (χ1n) is 7.09. The van der Waals surface area contributed by atoms with E-state index in [1.807, 2.05) is 13.8 Å². The Kier molecular flexibility index (Phi) is 5.79. The Morgan fingerprint density at radius 3 is 2.45 bits per heavy atom. The van der Waals surface area contributed by atoms with Crippen LogP contribution in [0.5, 0.6) is 11.5 Å². The van der Waals surface area contributed by atoms with Crippen LogP contribution in [0.4, 0.5) is 5.69 Å². The van der Waals surface area contributed by atoms with E-state index in [-0.39, 0.29) is 29.1 Å². The zero-order valence-corrected chi connectivity index (χ0v) is 13.4. The second-order valence-corrected chi connectivity index (χ2v) is 5.85. The molecule has 0 saturated heterocycles. The molecule has 1 amide bonds. The number of phenols is 2. The van der Waals surface area contributed by atoms with Crippen molar-refractivity contribution in [1.82, 2.24) is 0 Å². The van der Waals surface area contributed by atoms with Gasteiger partial charge in [-0.3, -0.25) is 9.59 Å². The highest BCUT2D eigenvalue weighted by Crippen LogP contribution is 2.43. The fourth-order valence-electron chi connectivity index (χ4n) is 2.34. The number of anilines is 1. The number of hydrogen-bond acceptors (Lipinski definition) is 5. The highest BCUT2D eigenvalue weighted by Gasteiger charge is 2.27. The largest absolute Gasteiger partial charge is 0.506 e. The maximum atomic E-state index is 11.2. The summed E-state index contributed by atoms with van der Waals surface area (Å²) in [4.78, 5) is 22.3. The van der Waals surface area contributed by atoms with Crippen molar-refractivity contribution >= 4 is 17.6 Å². The van der Waals surface area contributed by atoms with Gasteiger partial charge in [-0.15, -0.1) is 0 Å². The maximum absolute atomic E-state index is 11.2. The van der Waals surface area contributed by atoms with E-state index in [1.54, 1.807) is 6.07 Å². The van der Waals surface area contributed by atoms with Crippen LogP contribution in [-0.4, -0.2) is 29.2 Å². The van der Waals surface area contributed by atoms with Gasteiger partial charge in [0.15, 0.2) is 0 Å². The minimum Gasteiger partial charge on any atom is -0.506 e. The van der Waals surface area contributed by atoms with Crippen molar-refractivity contribution in [2.24, 2.45) is 0 Å². The molecule has 0 aliphatic heterocycles. The molecule has 3 N–H and O–H groups in total. The van der Waals surface area contributed by atoms with E-state index in [4.69, 9.17) is 0 Å². The van der Waals surface area contributed by atoms with Crippen molar-refractivity contribution < 1.29 is 24.5 Å². The average Bonchev–Trinajstić information content (AvgIpc) is 2.42. The summed E-state index contributed by atoms with van der Waals surface area (Å²) in [6.45, 7) is 5.15. The summed E-state index contributed by atoms with van der Waals surface area (Å²) in [5.74, 6) is -1.00. The Morgan fingerprint density at radius 2 is 1.91 bits per heavy atom. The molecular weight excluding hydrogens is 286 g/mol. The van der Waals surface area contributed by atoms with Gasteiger partial charge >= 0.3 is 5.97 Å². The van der Waals surface area contributed by atoms with E-state index in [1.165, 1.54) is 20.1 Å². The molecule has 1 rings (SSSR count). The Labute approximate surface area is 130 Å². The first-order chi connectivity index (χ1) is 10.2. The first-order valence-corrected chi connectivity index (χ1v) is 7.09. The molecule has 6 heteroatoms. The number of carbonyl (C=O) groups is 2. The molecule has 0 radical (unpaired) electrons. The molecule has 122 valence electrons. The average molecular weight is 309 g/mol. The van der Waals surface area contributed by atoms with E-state index in [0.717, 1.165) is 0 Å². The molecule has 0 bridgehead atoms. The van der Waals surface area contributed by atoms with E-state index >= 15 is 0 Å². The first kappa shape index (κ1) is 17.8. The van der Waals surface area contributed by atoms with Gasteiger partial charge in [-0.2, -0.15) is 0 Å². The molecule has 0 aliphatic carbocycles. The van der Waals surface area contributed by atoms with Gasteiger partial charge in [-0.25, -0.2) is 0 Å². The molecule has 0 aromatic heterocycles. The van der Waals surface area contributed by atoms with Gasteiger partial charge in [-0.1, -0.05) is 19.9 Å². The summed E-state index contributed by atoms with van der Waals surface area (Å²) >= 11 is 0. The van der Waals surface area contributed by atoms with Crippen LogP contribution in [0.1, 0.15) is 45.6 Å². The van der Waals surface area contributed by atoms with Crippen molar-refractivity contribution in [1.29, 1.82) is 0 Å². The molecule has 0 saturated carbocycles. The zero-order valence-electron chi connectivity index (χ0n) is 13.4. The number of amides is 1. The van der Waals surface area contributed by atoms with E-state index in [0.29, 0.717) is 24.8 Å². The predicted octanol–water partition coefficient (Wildman–Crippen LogP) is 2.68. The summed E-state index contributed by atoms with van der Waals surface area (Å²) in [7, 11) is 1.35. The number of ether oxygens (including phenoxy) is 1. The Morgan fingerprint density at radius 1 is 1.27 bits per heavy atom. The van der Waals surface area contributed by atoms with E-state index < -0.39 is 5.41 Å². The SMILES string of the molecule is COC(=O)CCCC(C)(C)c1ccc(O)c(NC(C)=O)c1O. The van der Waals surface area contributed by atoms with Crippen LogP contribution in [0.3, 0.4) is 0 Å². The molecule has 22 heavy (non-hydrogen) atoms. The lowest BCUT2D eigenvalue weighted by molar-refractivity contribution is -0.140. The third-order valence-corrected chi connectivity index (χ3v) is 3.60. The van der Waals surface area contributed by atoms with Gasteiger partial charge in [0.05, 0.1) is 7.11 Å². The predicted molar refractivity (Wildman–Crippen MR) is 83.0 cm³/mol. The quantitative estimate of drug-likeness (QED) is 0.554. The van der Waals surface area contributed by atoms with E-state index in [2.05, 4.69) is 10.1 Å². The van der Waals surface area contributed by atoms with Gasteiger partial charge < -0.3 is 20.3 Å². The lowest BCUT2D eigenvalue weighted by Crippen LogP contribution is -2.19. The van der Waals surface area contributed by atoms with Crippen LogP contribution in [0.15, 0.2) is 12.1 Å². The van der Waals surface area contributed by atoms with Gasteiger partial charge in [-0.05, 0) is 24.3 Å². The third kappa shape index (κ3) is 4.38. The number of nitrogens with one attached hydrogen (secondary N) is 1. The Hall–Kier alpha value is -2.24. The fraction of sp³-hybridized carbons (Fsp3) is 0.500. The van der Waals surface area contributed by atoms with Crippen molar-refractivity contribution in [3.05, 3.63) is 17.7 Å². The van der Waals surface area contributed by atoms with Crippen LogP contribution in [0.2, 0.25) is 0 Å². The molecule has 1 aromatic rings. The van der Waals surface area contributed by atoms with Crippen molar-refractivity contribution in [3.8, 4) is 11.5 Å². The Balaban J connectivity index is 2.99. The normalized spacial score (nSPS) is 11.1. The van der Waals surface area contributed by atoms with Crippen LogP contribution < -0.4 is 5.32 Å². The standard InChI is InChI=1S/C16H23NO5/c1-10(18)17-14-12(19)8-7-11(15(14)21)16(2,3)9-5-6-13(20)22-4/h7-8,19,21H,5-6,9H2,1-4H3,(H,17,18). The fourth-order valence-corrected chi connectivity index (χ4v) is 2.34. The van der Waals surface area contributed by atoms with E-state index in [9.17, 15) is 19.8 Å². The number of aromatic hydroxyl groups is 2. The maximum Gasteiger partial charge on any atom is 0.305 e. The number of phenolic OH excluding ortho intramolecular Hbond substituents is 2. The van der Waals surface area contributed by atoms with Crippen LogP contribution >= 0.6 is 0 Å². The molecule has 0 aliphatic rings. The molecule has 0 unspecified atom stereocenters. The molecule has 0 fully saturated rings. The number of benzene rings is 1. The summed E-state index contributed by atoms with van der Waals surface area (Å²) in [6, 6.07) is 3.05. The lowest BCUT2D eigenvalue weighted by Gasteiger charge is -2.27.